The zero-order valence-corrected chi connectivity index (χ0v) is 18.6. The van der Waals surface area contributed by atoms with E-state index in [-0.39, 0.29) is 22.3 Å². The van der Waals surface area contributed by atoms with Crippen molar-refractivity contribution in [3.8, 4) is 0 Å². The zero-order chi connectivity index (χ0) is 24.3. The van der Waals surface area contributed by atoms with E-state index in [9.17, 15) is 26.4 Å². The summed E-state index contributed by atoms with van der Waals surface area (Å²) in [5.74, 6) is 0. The quantitative estimate of drug-likeness (QED) is 0.411. The van der Waals surface area contributed by atoms with Gasteiger partial charge in [0.05, 0.1) is 10.5 Å². The first kappa shape index (κ1) is 23.7. The van der Waals surface area contributed by atoms with Crippen LogP contribution in [-0.2, 0) is 29.0 Å². The lowest BCUT2D eigenvalue weighted by atomic mass is 10.0. The molecule has 0 fully saturated rings. The number of hydrogen-bond acceptors (Lipinski definition) is 4. The lowest BCUT2D eigenvalue weighted by molar-refractivity contribution is -0.136. The van der Waals surface area contributed by atoms with E-state index in [1.807, 2.05) is 12.1 Å². The Hall–Kier alpha value is -3.50. The number of nitrogens with one attached hydrogen (secondary N) is 2. The molecular formula is C24H20F3N3O3S. The molecule has 176 valence electrons. The molecule has 4 aromatic rings. The summed E-state index contributed by atoms with van der Waals surface area (Å²) < 4.78 is 67.7. The van der Waals surface area contributed by atoms with Gasteiger partial charge in [0.15, 0.2) is 0 Å². The minimum atomic E-state index is -4.66. The van der Waals surface area contributed by atoms with Gasteiger partial charge in [-0.2, -0.15) is 13.2 Å². The van der Waals surface area contributed by atoms with Gasteiger partial charge in [-0.25, -0.2) is 13.1 Å². The molecule has 0 aliphatic heterocycles. The number of H-pyrrole nitrogens is 1. The summed E-state index contributed by atoms with van der Waals surface area (Å²) in [5, 5.41) is -0.0964. The van der Waals surface area contributed by atoms with E-state index in [2.05, 4.69) is 14.7 Å². The molecule has 2 aromatic heterocycles. The van der Waals surface area contributed by atoms with Crippen molar-refractivity contribution >= 4 is 20.9 Å². The SMILES string of the molecule is O=c1cc(C(F)(F)F)c2cc(Cc3ccc(S(=O)(=O)NCCc4ccccn4)cc3)ccc2[nH]1. The Morgan fingerprint density at radius 3 is 2.35 bits per heavy atom. The second-order valence-corrected chi connectivity index (χ2v) is 9.48. The summed E-state index contributed by atoms with van der Waals surface area (Å²) >= 11 is 0. The molecule has 2 N–H and O–H groups in total. The third kappa shape index (κ3) is 5.52. The molecule has 0 aliphatic rings. The first-order valence-electron chi connectivity index (χ1n) is 10.3. The summed E-state index contributed by atoms with van der Waals surface area (Å²) in [5.41, 5.74) is 0.374. The van der Waals surface area contributed by atoms with Crippen molar-refractivity contribution in [2.45, 2.75) is 23.9 Å². The van der Waals surface area contributed by atoms with Gasteiger partial charge in [-0.3, -0.25) is 9.78 Å². The molecular weight excluding hydrogens is 467 g/mol. The second-order valence-electron chi connectivity index (χ2n) is 7.71. The van der Waals surface area contributed by atoms with Crippen LogP contribution in [-0.4, -0.2) is 24.9 Å². The van der Waals surface area contributed by atoms with Gasteiger partial charge >= 0.3 is 6.18 Å². The highest BCUT2D eigenvalue weighted by Crippen LogP contribution is 2.33. The number of fused-ring (bicyclic) bond motifs is 1. The predicted octanol–water partition coefficient (Wildman–Crippen LogP) is 4.05. The molecule has 2 aromatic carbocycles. The van der Waals surface area contributed by atoms with Crippen LogP contribution in [0.5, 0.6) is 0 Å². The molecule has 0 bridgehead atoms. The van der Waals surface area contributed by atoms with Crippen LogP contribution in [0.2, 0.25) is 0 Å². The smallest absolute Gasteiger partial charge is 0.322 e. The van der Waals surface area contributed by atoms with E-state index in [0.29, 0.717) is 24.5 Å². The Balaban J connectivity index is 1.49. The van der Waals surface area contributed by atoms with Crippen LogP contribution in [0.15, 0.2) is 82.6 Å². The molecule has 34 heavy (non-hydrogen) atoms. The lowest BCUT2D eigenvalue weighted by Crippen LogP contribution is -2.26. The topological polar surface area (TPSA) is 91.9 Å². The number of alkyl halides is 3. The number of aromatic amines is 1. The first-order chi connectivity index (χ1) is 16.1. The van der Waals surface area contributed by atoms with Gasteiger partial charge in [0, 0.05) is 41.8 Å². The van der Waals surface area contributed by atoms with Gasteiger partial charge in [-0.15, -0.1) is 0 Å². The molecule has 4 rings (SSSR count). The Bertz CT molecular complexity index is 1470. The van der Waals surface area contributed by atoms with Crippen LogP contribution in [0.1, 0.15) is 22.4 Å². The maximum atomic E-state index is 13.4. The van der Waals surface area contributed by atoms with E-state index in [1.165, 1.54) is 24.3 Å². The fourth-order valence-corrected chi connectivity index (χ4v) is 4.64. The zero-order valence-electron chi connectivity index (χ0n) is 17.8. The molecule has 6 nitrogen and oxygen atoms in total. The van der Waals surface area contributed by atoms with E-state index in [0.717, 1.165) is 11.3 Å². The van der Waals surface area contributed by atoms with Crippen molar-refractivity contribution in [3.63, 3.8) is 0 Å². The number of sulfonamides is 1. The van der Waals surface area contributed by atoms with Crippen molar-refractivity contribution < 1.29 is 21.6 Å². The minimum Gasteiger partial charge on any atom is -0.322 e. The summed E-state index contributed by atoms with van der Waals surface area (Å²) in [7, 11) is -3.71. The van der Waals surface area contributed by atoms with Gasteiger partial charge in [-0.1, -0.05) is 24.3 Å². The molecule has 0 radical (unpaired) electrons. The van der Waals surface area contributed by atoms with Crippen LogP contribution < -0.4 is 10.3 Å². The maximum Gasteiger partial charge on any atom is 0.417 e. The van der Waals surface area contributed by atoms with Crippen LogP contribution in [0.25, 0.3) is 10.9 Å². The number of pyridine rings is 2. The highest BCUT2D eigenvalue weighted by molar-refractivity contribution is 7.89. The summed E-state index contributed by atoms with van der Waals surface area (Å²) in [6, 6.07) is 16.6. The number of rotatable bonds is 7. The highest BCUT2D eigenvalue weighted by atomic mass is 32.2. The summed E-state index contributed by atoms with van der Waals surface area (Å²) in [6.07, 6.45) is -2.28. The van der Waals surface area contributed by atoms with E-state index < -0.39 is 27.3 Å². The van der Waals surface area contributed by atoms with Gasteiger partial charge in [0.25, 0.3) is 0 Å². The Labute approximate surface area is 193 Å². The average Bonchev–Trinajstić information content (AvgIpc) is 2.79. The van der Waals surface area contributed by atoms with Crippen molar-refractivity contribution in [1.29, 1.82) is 0 Å². The fraction of sp³-hybridized carbons (Fsp3) is 0.167. The molecule has 2 heterocycles. The van der Waals surface area contributed by atoms with Crippen LogP contribution in [0.4, 0.5) is 13.2 Å². The van der Waals surface area contributed by atoms with Crippen molar-refractivity contribution in [2.24, 2.45) is 0 Å². The third-order valence-electron chi connectivity index (χ3n) is 5.25. The fourth-order valence-electron chi connectivity index (χ4n) is 3.61. The number of nitrogens with zero attached hydrogens (tertiary/aromatic N) is 1. The Morgan fingerprint density at radius 2 is 1.68 bits per heavy atom. The van der Waals surface area contributed by atoms with E-state index in [4.69, 9.17) is 0 Å². The van der Waals surface area contributed by atoms with Gasteiger partial charge in [0.1, 0.15) is 0 Å². The minimum absolute atomic E-state index is 0.0905. The van der Waals surface area contributed by atoms with E-state index in [1.54, 1.807) is 30.5 Å². The normalized spacial score (nSPS) is 12.2. The van der Waals surface area contributed by atoms with Gasteiger partial charge in [0.2, 0.25) is 15.6 Å². The highest BCUT2D eigenvalue weighted by Gasteiger charge is 2.33. The first-order valence-corrected chi connectivity index (χ1v) is 11.8. The van der Waals surface area contributed by atoms with E-state index >= 15 is 0 Å². The predicted molar refractivity (Wildman–Crippen MR) is 122 cm³/mol. The van der Waals surface area contributed by atoms with Crippen molar-refractivity contribution in [1.82, 2.24) is 14.7 Å². The maximum absolute atomic E-state index is 13.4. The van der Waals surface area contributed by atoms with Crippen LogP contribution in [0.3, 0.4) is 0 Å². The van der Waals surface area contributed by atoms with Gasteiger partial charge < -0.3 is 4.98 Å². The Kier molecular flexibility index (Phi) is 6.54. The average molecular weight is 488 g/mol. The summed E-state index contributed by atoms with van der Waals surface area (Å²) in [6.45, 7) is 0.196. The largest absolute Gasteiger partial charge is 0.417 e. The van der Waals surface area contributed by atoms with Gasteiger partial charge in [-0.05, 0) is 53.9 Å². The number of hydrogen-bond donors (Lipinski definition) is 2. The van der Waals surface area contributed by atoms with Crippen LogP contribution in [0, 0.1) is 0 Å². The monoisotopic (exact) mass is 487 g/mol. The molecule has 0 aliphatic carbocycles. The molecule has 0 saturated carbocycles. The Morgan fingerprint density at radius 1 is 0.941 bits per heavy atom. The number of halogens is 3. The molecule has 10 heteroatoms. The summed E-state index contributed by atoms with van der Waals surface area (Å²) in [4.78, 5) is 18.2. The third-order valence-corrected chi connectivity index (χ3v) is 6.73. The number of benzene rings is 2. The standard InChI is InChI=1S/C24H20F3N3O3S/c25-24(26,27)21-15-23(31)30-22-9-6-17(14-20(21)22)13-16-4-7-19(8-5-16)34(32,33)29-12-10-18-3-1-2-11-28-18/h1-9,11,14-15,29H,10,12-13H2,(H,30,31). The van der Waals surface area contributed by atoms with Crippen molar-refractivity contribution in [3.05, 3.63) is 106 Å². The molecule has 0 saturated heterocycles. The molecule has 0 atom stereocenters. The molecule has 0 unspecified atom stereocenters. The molecule has 0 amide bonds. The second kappa shape index (κ2) is 9.40. The number of aromatic nitrogens is 2. The van der Waals surface area contributed by atoms with Crippen molar-refractivity contribution in [2.75, 3.05) is 6.54 Å². The van der Waals surface area contributed by atoms with Crippen LogP contribution >= 0.6 is 0 Å². The lowest BCUT2D eigenvalue weighted by Gasteiger charge is -2.12. The molecule has 0 spiro atoms.